The Kier molecular flexibility index (Phi) is 3.62. The lowest BCUT2D eigenvalue weighted by atomic mass is 9.89. The van der Waals surface area contributed by atoms with Crippen molar-refractivity contribution >= 4 is 5.91 Å². The molecule has 0 spiro atoms. The van der Waals surface area contributed by atoms with Crippen LogP contribution in [0.15, 0.2) is 0 Å². The van der Waals surface area contributed by atoms with E-state index in [0.717, 1.165) is 32.5 Å². The normalized spacial score (nSPS) is 27.1. The Morgan fingerprint density at radius 3 is 2.60 bits per heavy atom. The number of nitrogens with zero attached hydrogens (tertiary/aromatic N) is 1. The van der Waals surface area contributed by atoms with Crippen molar-refractivity contribution in [3.05, 3.63) is 0 Å². The fraction of sp³-hybridized carbons (Fsp3) is 0.917. The van der Waals surface area contributed by atoms with E-state index in [4.69, 9.17) is 0 Å². The van der Waals surface area contributed by atoms with E-state index in [9.17, 15) is 4.79 Å². The maximum absolute atomic E-state index is 12.2. The minimum Gasteiger partial charge on any atom is -0.340 e. The molecule has 3 nitrogen and oxygen atoms in total. The van der Waals surface area contributed by atoms with Crippen molar-refractivity contribution in [1.82, 2.24) is 10.2 Å². The summed E-state index contributed by atoms with van der Waals surface area (Å²) in [6.07, 6.45) is 5.98. The van der Waals surface area contributed by atoms with Crippen LogP contribution in [-0.2, 0) is 4.79 Å². The van der Waals surface area contributed by atoms with Crippen molar-refractivity contribution < 1.29 is 4.79 Å². The van der Waals surface area contributed by atoms with Gasteiger partial charge in [-0.3, -0.25) is 4.79 Å². The highest BCUT2D eigenvalue weighted by Crippen LogP contribution is 2.26. The lowest BCUT2D eigenvalue weighted by Crippen LogP contribution is -2.49. The SMILES string of the molecule is CCN(C(=O)C1CCCNC1)C1CCC1. The first-order valence-electron chi connectivity index (χ1n) is 6.34. The zero-order chi connectivity index (χ0) is 10.7. The number of carbonyl (C=O) groups excluding carboxylic acids is 1. The second kappa shape index (κ2) is 4.97. The average Bonchev–Trinajstić information content (AvgIpc) is 2.23. The van der Waals surface area contributed by atoms with Crippen LogP contribution in [0.3, 0.4) is 0 Å². The third kappa shape index (κ3) is 2.33. The first-order valence-corrected chi connectivity index (χ1v) is 6.34. The van der Waals surface area contributed by atoms with Gasteiger partial charge < -0.3 is 10.2 Å². The van der Waals surface area contributed by atoms with E-state index in [-0.39, 0.29) is 5.92 Å². The van der Waals surface area contributed by atoms with Gasteiger partial charge in [-0.05, 0) is 45.6 Å². The fourth-order valence-corrected chi connectivity index (χ4v) is 2.59. The predicted molar refractivity (Wildman–Crippen MR) is 60.6 cm³/mol. The van der Waals surface area contributed by atoms with Gasteiger partial charge in [-0.25, -0.2) is 0 Å². The maximum Gasteiger partial charge on any atom is 0.227 e. The molecule has 2 fully saturated rings. The number of rotatable bonds is 3. The molecule has 86 valence electrons. The number of hydrogen-bond donors (Lipinski definition) is 1. The third-order valence-electron chi connectivity index (χ3n) is 3.79. The van der Waals surface area contributed by atoms with Crippen LogP contribution >= 0.6 is 0 Å². The zero-order valence-electron chi connectivity index (χ0n) is 9.67. The van der Waals surface area contributed by atoms with E-state index < -0.39 is 0 Å². The van der Waals surface area contributed by atoms with Crippen molar-refractivity contribution in [2.75, 3.05) is 19.6 Å². The average molecular weight is 210 g/mol. The van der Waals surface area contributed by atoms with E-state index in [1.165, 1.54) is 19.3 Å². The Hall–Kier alpha value is -0.570. The molecule has 1 saturated carbocycles. The molecule has 1 aliphatic heterocycles. The molecular weight excluding hydrogens is 188 g/mol. The summed E-state index contributed by atoms with van der Waals surface area (Å²) < 4.78 is 0. The molecule has 1 heterocycles. The number of hydrogen-bond acceptors (Lipinski definition) is 2. The quantitative estimate of drug-likeness (QED) is 0.763. The highest BCUT2D eigenvalue weighted by atomic mass is 16.2. The molecule has 0 aromatic carbocycles. The topological polar surface area (TPSA) is 32.3 Å². The van der Waals surface area contributed by atoms with Crippen LogP contribution in [0, 0.1) is 5.92 Å². The Morgan fingerprint density at radius 2 is 2.13 bits per heavy atom. The molecule has 1 amide bonds. The minimum atomic E-state index is 0.249. The van der Waals surface area contributed by atoms with Gasteiger partial charge in [0.1, 0.15) is 0 Å². The number of piperidine rings is 1. The summed E-state index contributed by atoms with van der Waals surface area (Å²) in [5, 5.41) is 3.32. The first-order chi connectivity index (χ1) is 7.33. The van der Waals surface area contributed by atoms with Crippen LogP contribution in [0.4, 0.5) is 0 Å². The van der Waals surface area contributed by atoms with Crippen LogP contribution in [0.1, 0.15) is 39.0 Å². The van der Waals surface area contributed by atoms with Crippen molar-refractivity contribution in [3.63, 3.8) is 0 Å². The molecule has 2 aliphatic rings. The van der Waals surface area contributed by atoms with E-state index >= 15 is 0 Å². The number of amides is 1. The van der Waals surface area contributed by atoms with Gasteiger partial charge in [0.15, 0.2) is 0 Å². The molecule has 1 aliphatic carbocycles. The molecule has 1 unspecified atom stereocenters. The van der Waals surface area contributed by atoms with Crippen molar-refractivity contribution in [2.45, 2.75) is 45.1 Å². The highest BCUT2D eigenvalue weighted by Gasteiger charge is 2.32. The van der Waals surface area contributed by atoms with Crippen LogP contribution in [-0.4, -0.2) is 36.5 Å². The summed E-state index contributed by atoms with van der Waals surface area (Å²) in [4.78, 5) is 14.4. The summed E-state index contributed by atoms with van der Waals surface area (Å²) in [5.74, 6) is 0.647. The maximum atomic E-state index is 12.2. The molecule has 0 bridgehead atoms. The third-order valence-corrected chi connectivity index (χ3v) is 3.79. The van der Waals surface area contributed by atoms with Gasteiger partial charge in [0, 0.05) is 19.1 Å². The van der Waals surface area contributed by atoms with E-state index in [1.807, 2.05) is 0 Å². The second-order valence-electron chi connectivity index (χ2n) is 4.75. The minimum absolute atomic E-state index is 0.249. The predicted octanol–water partition coefficient (Wildman–Crippen LogP) is 1.39. The van der Waals surface area contributed by atoms with Crippen molar-refractivity contribution in [2.24, 2.45) is 5.92 Å². The number of carbonyl (C=O) groups is 1. The monoisotopic (exact) mass is 210 g/mol. The number of nitrogens with one attached hydrogen (secondary N) is 1. The summed E-state index contributed by atoms with van der Waals surface area (Å²) in [5.41, 5.74) is 0. The molecule has 0 aromatic rings. The molecule has 0 radical (unpaired) electrons. The Morgan fingerprint density at radius 1 is 1.33 bits per heavy atom. The van der Waals surface area contributed by atoms with Gasteiger partial charge in [0.05, 0.1) is 5.92 Å². The van der Waals surface area contributed by atoms with Gasteiger partial charge in [-0.2, -0.15) is 0 Å². The van der Waals surface area contributed by atoms with E-state index in [1.54, 1.807) is 0 Å². The zero-order valence-corrected chi connectivity index (χ0v) is 9.67. The van der Waals surface area contributed by atoms with Gasteiger partial charge in [-0.1, -0.05) is 0 Å². The van der Waals surface area contributed by atoms with Gasteiger partial charge >= 0.3 is 0 Å². The Bertz CT molecular complexity index is 220. The standard InChI is InChI=1S/C12H22N2O/c1-2-14(11-6-3-7-11)12(15)10-5-4-8-13-9-10/h10-11,13H,2-9H2,1H3. The van der Waals surface area contributed by atoms with Gasteiger partial charge in [0.25, 0.3) is 0 Å². The lowest BCUT2D eigenvalue weighted by molar-refractivity contribution is -0.139. The van der Waals surface area contributed by atoms with E-state index in [2.05, 4.69) is 17.1 Å². The molecule has 1 N–H and O–H groups in total. The molecular formula is C12H22N2O. The second-order valence-corrected chi connectivity index (χ2v) is 4.75. The molecule has 0 aromatic heterocycles. The summed E-state index contributed by atoms with van der Waals surface area (Å²) >= 11 is 0. The van der Waals surface area contributed by atoms with Crippen LogP contribution in [0.5, 0.6) is 0 Å². The summed E-state index contributed by atoms with van der Waals surface area (Å²) in [6, 6.07) is 0.560. The summed E-state index contributed by atoms with van der Waals surface area (Å²) in [7, 11) is 0. The Balaban J connectivity index is 1.90. The molecule has 1 saturated heterocycles. The molecule has 2 rings (SSSR count). The highest BCUT2D eigenvalue weighted by molar-refractivity contribution is 5.79. The largest absolute Gasteiger partial charge is 0.340 e. The molecule has 15 heavy (non-hydrogen) atoms. The van der Waals surface area contributed by atoms with E-state index in [0.29, 0.717) is 11.9 Å². The smallest absolute Gasteiger partial charge is 0.227 e. The first kappa shape index (κ1) is 10.9. The lowest BCUT2D eigenvalue weighted by Gasteiger charge is -2.39. The molecule has 1 atom stereocenters. The summed E-state index contributed by atoms with van der Waals surface area (Å²) in [6.45, 7) is 4.97. The van der Waals surface area contributed by atoms with Gasteiger partial charge in [0.2, 0.25) is 5.91 Å². The molecule has 3 heteroatoms. The van der Waals surface area contributed by atoms with Crippen LogP contribution in [0.25, 0.3) is 0 Å². The van der Waals surface area contributed by atoms with Gasteiger partial charge in [-0.15, -0.1) is 0 Å². The van der Waals surface area contributed by atoms with Crippen LogP contribution in [0.2, 0.25) is 0 Å². The van der Waals surface area contributed by atoms with Crippen molar-refractivity contribution in [3.8, 4) is 0 Å². The fourth-order valence-electron chi connectivity index (χ4n) is 2.59. The Labute approximate surface area is 92.2 Å². The van der Waals surface area contributed by atoms with Crippen LogP contribution < -0.4 is 5.32 Å². The van der Waals surface area contributed by atoms with Crippen molar-refractivity contribution in [1.29, 1.82) is 0 Å².